The molecule has 0 amide bonds. The number of carboxylic acid groups (broad SMARTS) is 1. The second kappa shape index (κ2) is 17.0. The first-order valence-electron chi connectivity index (χ1n) is 24.4. The molecule has 1 aromatic rings. The van der Waals surface area contributed by atoms with Crippen LogP contribution in [0.2, 0.25) is 5.02 Å². The van der Waals surface area contributed by atoms with Gasteiger partial charge in [0, 0.05) is 60.6 Å². The molecule has 1 aromatic carbocycles. The van der Waals surface area contributed by atoms with Crippen LogP contribution >= 0.6 is 11.6 Å². The number of nitrogens with one attached hydrogen (secondary N) is 1. The number of benzene rings is 1. The van der Waals surface area contributed by atoms with Gasteiger partial charge < -0.3 is 29.7 Å². The molecular weight excluding hydrogens is 816 g/mol. The van der Waals surface area contributed by atoms with E-state index in [1.165, 1.54) is 5.57 Å². The van der Waals surface area contributed by atoms with E-state index in [9.17, 15) is 24.6 Å². The average molecular weight is 894 g/mol. The molecule has 8 rings (SSSR count). The summed E-state index contributed by atoms with van der Waals surface area (Å²) in [5.74, 6) is 0.167. The zero-order valence-electron chi connectivity index (χ0n) is 39.7. The number of halogens is 1. The molecule has 0 unspecified atom stereocenters. The van der Waals surface area contributed by atoms with Gasteiger partial charge >= 0.3 is 11.9 Å². The number of allylic oxidation sites excluding steroid dienone is 1. The van der Waals surface area contributed by atoms with Gasteiger partial charge in [-0.05, 0) is 121 Å². The Morgan fingerprint density at radius 1 is 0.921 bits per heavy atom. The molecule has 350 valence electrons. The lowest BCUT2D eigenvalue weighted by Crippen LogP contribution is -2.66. The minimum absolute atomic E-state index is 0.0331. The number of aliphatic carboxylic acids is 1. The van der Waals surface area contributed by atoms with E-state index in [1.807, 2.05) is 32.0 Å². The predicted octanol–water partition coefficient (Wildman–Crippen LogP) is 9.14. The Hall–Kier alpha value is -2.50. The Labute approximate surface area is 382 Å². The van der Waals surface area contributed by atoms with Crippen LogP contribution in [0.15, 0.2) is 29.3 Å². The molecule has 0 radical (unpaired) electrons. The summed E-state index contributed by atoms with van der Waals surface area (Å²) in [7, 11) is 0. The van der Waals surface area contributed by atoms with E-state index in [-0.39, 0.29) is 57.3 Å². The Balaban J connectivity index is 0.981. The van der Waals surface area contributed by atoms with Crippen molar-refractivity contribution in [2.45, 2.75) is 145 Å². The third-order valence-corrected chi connectivity index (χ3v) is 19.9. The third kappa shape index (κ3) is 7.64. The fourth-order valence-electron chi connectivity index (χ4n) is 15.7. The first-order chi connectivity index (χ1) is 29.6. The van der Waals surface area contributed by atoms with Crippen molar-refractivity contribution in [3.05, 3.63) is 39.9 Å². The molecule has 0 aromatic heterocycles. The molecule has 7 aliphatic rings. The van der Waals surface area contributed by atoms with Gasteiger partial charge in [0.1, 0.15) is 18.5 Å². The molecule has 6 fully saturated rings. The number of ketones is 1. The van der Waals surface area contributed by atoms with Crippen LogP contribution in [0.4, 0.5) is 0 Å². The molecule has 6 aliphatic carbocycles. The maximum atomic E-state index is 14.3. The van der Waals surface area contributed by atoms with Crippen LogP contribution in [0.3, 0.4) is 0 Å². The van der Waals surface area contributed by atoms with Gasteiger partial charge in [-0.3, -0.25) is 19.3 Å². The summed E-state index contributed by atoms with van der Waals surface area (Å²) in [5, 5.41) is 26.4. The van der Waals surface area contributed by atoms with Crippen LogP contribution in [-0.2, 0) is 30.4 Å². The number of fused-ring (bicyclic) bond motifs is 7. The molecule has 1 heterocycles. The van der Waals surface area contributed by atoms with Crippen LogP contribution in [0, 0.1) is 68.0 Å². The minimum atomic E-state index is -0.833. The summed E-state index contributed by atoms with van der Waals surface area (Å²) >= 11 is 6.44. The normalized spacial score (nSPS) is 38.8. The number of morpholine rings is 1. The van der Waals surface area contributed by atoms with Gasteiger partial charge in [-0.2, -0.15) is 0 Å². The van der Waals surface area contributed by atoms with Gasteiger partial charge in [0.25, 0.3) is 0 Å². The summed E-state index contributed by atoms with van der Waals surface area (Å²) in [6, 6.07) is 5.76. The maximum Gasteiger partial charge on any atom is 0.309 e. The predicted molar refractivity (Wildman–Crippen MR) is 244 cm³/mol. The van der Waals surface area contributed by atoms with E-state index < -0.39 is 28.8 Å². The number of carbonyl (C=O) groups excluding carboxylic acids is 2. The van der Waals surface area contributed by atoms with Crippen molar-refractivity contribution < 1.29 is 38.8 Å². The molecule has 10 nitrogen and oxygen atoms in total. The van der Waals surface area contributed by atoms with Crippen LogP contribution in [0.1, 0.15) is 132 Å². The monoisotopic (exact) mass is 893 g/mol. The van der Waals surface area contributed by atoms with E-state index in [4.69, 9.17) is 25.8 Å². The van der Waals surface area contributed by atoms with E-state index >= 15 is 0 Å². The number of rotatable bonds is 13. The number of nitrogens with zero attached hydrogens (tertiary/aromatic N) is 1. The van der Waals surface area contributed by atoms with Crippen LogP contribution in [-0.4, -0.2) is 91.0 Å². The van der Waals surface area contributed by atoms with Crippen molar-refractivity contribution in [3.63, 3.8) is 0 Å². The first kappa shape index (κ1) is 47.0. The molecular formula is C52H77ClN2O8. The van der Waals surface area contributed by atoms with Gasteiger partial charge in [0.05, 0.1) is 31.2 Å². The topological polar surface area (TPSA) is 135 Å². The summed E-state index contributed by atoms with van der Waals surface area (Å²) in [6.45, 7) is 26.0. The molecule has 0 bridgehead atoms. The van der Waals surface area contributed by atoms with Crippen LogP contribution in [0.5, 0.6) is 5.75 Å². The van der Waals surface area contributed by atoms with Crippen molar-refractivity contribution >= 4 is 29.3 Å². The third-order valence-electron chi connectivity index (χ3n) is 19.6. The minimum Gasteiger partial charge on any atom is -0.492 e. The summed E-state index contributed by atoms with van der Waals surface area (Å²) in [5.41, 5.74) is 1.87. The van der Waals surface area contributed by atoms with E-state index in [0.717, 1.165) is 101 Å². The fourth-order valence-corrected chi connectivity index (χ4v) is 15.9. The van der Waals surface area contributed by atoms with Gasteiger partial charge in [-0.15, -0.1) is 0 Å². The van der Waals surface area contributed by atoms with E-state index in [0.29, 0.717) is 49.4 Å². The summed E-state index contributed by atoms with van der Waals surface area (Å²) in [4.78, 5) is 42.2. The number of carboxylic acids is 1. The highest BCUT2D eigenvalue weighted by Crippen LogP contribution is 2.77. The lowest BCUT2D eigenvalue weighted by molar-refractivity contribution is -0.238. The fraction of sp³-hybridized carbons (Fsp3) is 0.788. The zero-order chi connectivity index (χ0) is 45.5. The first-order valence-corrected chi connectivity index (χ1v) is 24.8. The maximum absolute atomic E-state index is 14.3. The second-order valence-electron chi connectivity index (χ2n) is 23.3. The van der Waals surface area contributed by atoms with Crippen LogP contribution < -0.4 is 10.1 Å². The molecule has 1 saturated heterocycles. The molecule has 11 atom stereocenters. The quantitative estimate of drug-likeness (QED) is 0.165. The number of aliphatic hydroxyl groups excluding tert-OH is 1. The van der Waals surface area contributed by atoms with Crippen LogP contribution in [0.25, 0.3) is 0 Å². The van der Waals surface area contributed by atoms with Crippen molar-refractivity contribution in [1.82, 2.24) is 10.2 Å². The second-order valence-corrected chi connectivity index (χ2v) is 23.8. The Kier molecular flexibility index (Phi) is 12.7. The Bertz CT molecular complexity index is 1980. The molecule has 11 heteroatoms. The Morgan fingerprint density at radius 3 is 2.33 bits per heavy atom. The van der Waals surface area contributed by atoms with E-state index in [1.54, 1.807) is 0 Å². The number of aliphatic hydroxyl groups is 1. The lowest BCUT2D eigenvalue weighted by atomic mass is 9.33. The number of Topliss-reactive ketones (excluding diaryl/α,β-unsaturated/α-hetero) is 1. The largest absolute Gasteiger partial charge is 0.492 e. The van der Waals surface area contributed by atoms with Gasteiger partial charge in [-0.25, -0.2) is 0 Å². The standard InChI is InChI=1S/C52H77ClN2O8/c1-31(2)43-37(56)28-52(41(57)30-54-29-32-10-11-33(53)26-38(32)62-25-22-55-20-23-61-24-21-55)19-18-50(8)34(44(43)52)12-13-40-49(7)16-15-42(48(5,6)39(49)14-17-51(40,50)9)63-46(60)36-27-35(45(58)59)47(36,3)4/h10-11,26,31,34-36,39-42,54,57H,12-25,27-30H2,1-9H3,(H,58,59)/t34-,35+,36-,39+,40-,41+,42+,49+,50-,51-,52+/m1/s1. The van der Waals surface area contributed by atoms with Crippen molar-refractivity contribution in [2.24, 2.45) is 68.0 Å². The van der Waals surface area contributed by atoms with E-state index in [2.05, 4.69) is 58.7 Å². The van der Waals surface area contributed by atoms with Crippen molar-refractivity contribution in [1.29, 1.82) is 0 Å². The summed E-state index contributed by atoms with van der Waals surface area (Å²) in [6.07, 6.45) is 7.61. The molecule has 0 spiro atoms. The molecule has 1 aliphatic heterocycles. The number of ether oxygens (including phenoxy) is 3. The highest BCUT2D eigenvalue weighted by molar-refractivity contribution is 6.30. The smallest absolute Gasteiger partial charge is 0.309 e. The number of carbonyl (C=O) groups is 3. The summed E-state index contributed by atoms with van der Waals surface area (Å²) < 4.78 is 18.2. The SMILES string of the molecule is CC(C)C1=C2[C@H]3CC[C@@H]4[C@@]5(C)CC[C@H](OC(=O)[C@H]6C[C@@H](C(=O)O)C6(C)C)C(C)(C)[C@@H]5CC[C@@]4(C)[C@]3(C)CC[C@@]2([C@@H](O)CNCc2ccc(Cl)cc2OCCN2CCOCC2)CC1=O. The van der Waals surface area contributed by atoms with Gasteiger partial charge in [0.15, 0.2) is 5.78 Å². The lowest BCUT2D eigenvalue weighted by Gasteiger charge is -2.72. The highest BCUT2D eigenvalue weighted by Gasteiger charge is 2.71. The van der Waals surface area contributed by atoms with Gasteiger partial charge in [-0.1, -0.05) is 85.6 Å². The Morgan fingerprint density at radius 2 is 1.65 bits per heavy atom. The van der Waals surface area contributed by atoms with Crippen molar-refractivity contribution in [2.75, 3.05) is 46.0 Å². The number of hydrogen-bond acceptors (Lipinski definition) is 9. The molecule has 3 N–H and O–H groups in total. The average Bonchev–Trinajstić information content (AvgIpc) is 3.53. The number of esters is 1. The highest BCUT2D eigenvalue weighted by atomic mass is 35.5. The molecule has 5 saturated carbocycles. The zero-order valence-corrected chi connectivity index (χ0v) is 40.5. The molecule has 63 heavy (non-hydrogen) atoms. The van der Waals surface area contributed by atoms with Gasteiger partial charge in [0.2, 0.25) is 0 Å². The van der Waals surface area contributed by atoms with Crippen molar-refractivity contribution in [3.8, 4) is 5.75 Å². The number of hydrogen-bond donors (Lipinski definition) is 3.